The van der Waals surface area contributed by atoms with Crippen LogP contribution in [0, 0.1) is 5.92 Å². The van der Waals surface area contributed by atoms with E-state index in [1.165, 1.54) is 12.1 Å². The topological polar surface area (TPSA) is 88.8 Å². The van der Waals surface area contributed by atoms with E-state index in [-0.39, 0.29) is 11.7 Å². The SMILES string of the molecule is O=C(NC(CC1CC1)C(=O)O)c1ccc(Oc2ccccc2)o1. The molecule has 1 heterocycles. The van der Waals surface area contributed by atoms with Gasteiger partial charge in [0.15, 0.2) is 5.76 Å². The number of benzene rings is 1. The van der Waals surface area contributed by atoms with Crippen LogP contribution in [-0.2, 0) is 4.79 Å². The summed E-state index contributed by atoms with van der Waals surface area (Å²) in [6.07, 6.45) is 2.50. The van der Waals surface area contributed by atoms with E-state index in [0.29, 0.717) is 18.1 Å². The van der Waals surface area contributed by atoms with E-state index in [2.05, 4.69) is 5.32 Å². The molecule has 0 spiro atoms. The second-order valence-electron chi connectivity index (χ2n) is 5.58. The van der Waals surface area contributed by atoms with Crippen LogP contribution in [0.1, 0.15) is 29.8 Å². The van der Waals surface area contributed by atoms with Gasteiger partial charge in [-0.2, -0.15) is 0 Å². The van der Waals surface area contributed by atoms with E-state index in [1.54, 1.807) is 12.1 Å². The first-order chi connectivity index (χ1) is 11.1. The highest BCUT2D eigenvalue weighted by atomic mass is 16.6. The summed E-state index contributed by atoms with van der Waals surface area (Å²) in [6, 6.07) is 11.1. The summed E-state index contributed by atoms with van der Waals surface area (Å²) >= 11 is 0. The van der Waals surface area contributed by atoms with Crippen molar-refractivity contribution < 1.29 is 23.8 Å². The third-order valence-electron chi connectivity index (χ3n) is 3.64. The Morgan fingerprint density at radius 3 is 2.61 bits per heavy atom. The van der Waals surface area contributed by atoms with Gasteiger partial charge in [-0.3, -0.25) is 4.79 Å². The fraction of sp³-hybridized carbons (Fsp3) is 0.294. The largest absolute Gasteiger partial charge is 0.480 e. The summed E-state index contributed by atoms with van der Waals surface area (Å²) < 4.78 is 10.8. The lowest BCUT2D eigenvalue weighted by Gasteiger charge is -2.12. The van der Waals surface area contributed by atoms with Gasteiger partial charge in [0.1, 0.15) is 11.8 Å². The summed E-state index contributed by atoms with van der Waals surface area (Å²) in [5, 5.41) is 11.7. The van der Waals surface area contributed by atoms with E-state index >= 15 is 0 Å². The Bertz CT molecular complexity index is 690. The van der Waals surface area contributed by atoms with E-state index < -0.39 is 17.9 Å². The van der Waals surface area contributed by atoms with Crippen molar-refractivity contribution in [2.45, 2.75) is 25.3 Å². The smallest absolute Gasteiger partial charge is 0.326 e. The lowest BCUT2D eigenvalue weighted by atomic mass is 10.1. The average Bonchev–Trinajstić information content (AvgIpc) is 3.23. The van der Waals surface area contributed by atoms with Gasteiger partial charge in [-0.05, 0) is 30.5 Å². The molecule has 1 saturated carbocycles. The van der Waals surface area contributed by atoms with Crippen molar-refractivity contribution in [3.63, 3.8) is 0 Å². The molecule has 2 N–H and O–H groups in total. The molecule has 1 aromatic heterocycles. The molecule has 6 nitrogen and oxygen atoms in total. The minimum absolute atomic E-state index is 0.0259. The molecule has 1 aliphatic rings. The second kappa shape index (κ2) is 6.56. The highest BCUT2D eigenvalue weighted by molar-refractivity contribution is 5.94. The maximum Gasteiger partial charge on any atom is 0.326 e. The van der Waals surface area contributed by atoms with Gasteiger partial charge in [0.05, 0.1) is 0 Å². The predicted molar refractivity (Wildman–Crippen MR) is 81.5 cm³/mol. The van der Waals surface area contributed by atoms with Gasteiger partial charge < -0.3 is 19.6 Å². The minimum Gasteiger partial charge on any atom is -0.480 e. The van der Waals surface area contributed by atoms with Crippen molar-refractivity contribution in [1.29, 1.82) is 0 Å². The Morgan fingerprint density at radius 1 is 1.22 bits per heavy atom. The first-order valence-electron chi connectivity index (χ1n) is 7.48. The maximum atomic E-state index is 12.1. The number of para-hydroxylation sites is 1. The standard InChI is InChI=1S/C17H17NO5/c19-16(18-13(17(20)21)10-11-6-7-11)14-8-9-15(23-14)22-12-4-2-1-3-5-12/h1-5,8-9,11,13H,6-7,10H2,(H,18,19)(H,20,21). The number of carboxylic acid groups (broad SMARTS) is 1. The van der Waals surface area contributed by atoms with Crippen LogP contribution < -0.4 is 10.1 Å². The molecule has 0 bridgehead atoms. The monoisotopic (exact) mass is 315 g/mol. The molecular weight excluding hydrogens is 298 g/mol. The number of ether oxygens (including phenoxy) is 1. The zero-order valence-corrected chi connectivity index (χ0v) is 12.4. The molecule has 0 radical (unpaired) electrons. The fourth-order valence-corrected chi connectivity index (χ4v) is 2.24. The zero-order chi connectivity index (χ0) is 16.2. The average molecular weight is 315 g/mol. The van der Waals surface area contributed by atoms with Crippen LogP contribution >= 0.6 is 0 Å². The van der Waals surface area contributed by atoms with E-state index in [9.17, 15) is 14.7 Å². The Morgan fingerprint density at radius 2 is 1.96 bits per heavy atom. The van der Waals surface area contributed by atoms with E-state index in [1.807, 2.05) is 18.2 Å². The molecule has 0 saturated heterocycles. The highest BCUT2D eigenvalue weighted by Gasteiger charge is 2.31. The number of amides is 1. The van der Waals surface area contributed by atoms with E-state index in [4.69, 9.17) is 9.15 Å². The number of aliphatic carboxylic acids is 1. The molecule has 1 fully saturated rings. The molecule has 6 heteroatoms. The van der Waals surface area contributed by atoms with Crippen molar-refractivity contribution in [2.75, 3.05) is 0 Å². The van der Waals surface area contributed by atoms with Gasteiger partial charge in [-0.1, -0.05) is 31.0 Å². The Kier molecular flexibility index (Phi) is 4.32. The van der Waals surface area contributed by atoms with Crippen LogP contribution in [0.4, 0.5) is 0 Å². The zero-order valence-electron chi connectivity index (χ0n) is 12.4. The van der Waals surface area contributed by atoms with Crippen LogP contribution in [-0.4, -0.2) is 23.0 Å². The van der Waals surface area contributed by atoms with Crippen molar-refractivity contribution >= 4 is 11.9 Å². The molecule has 1 amide bonds. The molecule has 1 aromatic carbocycles. The Labute approximate surface area is 133 Å². The molecule has 1 aliphatic carbocycles. The molecule has 2 aromatic rings. The van der Waals surface area contributed by atoms with Crippen LogP contribution in [0.5, 0.6) is 11.7 Å². The number of furan rings is 1. The molecule has 1 unspecified atom stereocenters. The van der Waals surface area contributed by atoms with Gasteiger partial charge in [-0.15, -0.1) is 0 Å². The summed E-state index contributed by atoms with van der Waals surface area (Å²) in [6.45, 7) is 0. The van der Waals surface area contributed by atoms with Crippen molar-refractivity contribution in [2.24, 2.45) is 5.92 Å². The molecule has 120 valence electrons. The molecule has 0 aliphatic heterocycles. The van der Waals surface area contributed by atoms with Gasteiger partial charge >= 0.3 is 5.97 Å². The summed E-state index contributed by atoms with van der Waals surface area (Å²) in [4.78, 5) is 23.3. The number of nitrogens with one attached hydrogen (secondary N) is 1. The van der Waals surface area contributed by atoms with Crippen LogP contribution in [0.15, 0.2) is 46.9 Å². The van der Waals surface area contributed by atoms with Crippen molar-refractivity contribution in [3.05, 3.63) is 48.2 Å². The molecule has 3 rings (SSSR count). The van der Waals surface area contributed by atoms with E-state index in [0.717, 1.165) is 12.8 Å². The number of rotatable bonds is 7. The van der Waals surface area contributed by atoms with Crippen molar-refractivity contribution in [3.8, 4) is 11.7 Å². The summed E-state index contributed by atoms with van der Waals surface area (Å²) in [7, 11) is 0. The van der Waals surface area contributed by atoms with Gasteiger partial charge in [0, 0.05) is 6.07 Å². The Hall–Kier alpha value is -2.76. The lowest BCUT2D eigenvalue weighted by molar-refractivity contribution is -0.139. The predicted octanol–water partition coefficient (Wildman–Crippen LogP) is 3.06. The number of hydrogen-bond acceptors (Lipinski definition) is 4. The Balaban J connectivity index is 1.62. The third-order valence-corrected chi connectivity index (χ3v) is 3.64. The van der Waals surface area contributed by atoms with Crippen LogP contribution in [0.2, 0.25) is 0 Å². The first-order valence-corrected chi connectivity index (χ1v) is 7.48. The van der Waals surface area contributed by atoms with Gasteiger partial charge in [0.25, 0.3) is 11.9 Å². The highest BCUT2D eigenvalue weighted by Crippen LogP contribution is 2.33. The van der Waals surface area contributed by atoms with Gasteiger partial charge in [0.2, 0.25) is 0 Å². The van der Waals surface area contributed by atoms with Gasteiger partial charge in [-0.25, -0.2) is 4.79 Å². The molecular formula is C17H17NO5. The number of hydrogen-bond donors (Lipinski definition) is 2. The van der Waals surface area contributed by atoms with Crippen LogP contribution in [0.25, 0.3) is 0 Å². The molecule has 1 atom stereocenters. The number of carbonyl (C=O) groups is 2. The summed E-state index contributed by atoms with van der Waals surface area (Å²) in [5.41, 5.74) is 0. The fourth-order valence-electron chi connectivity index (χ4n) is 2.24. The van der Waals surface area contributed by atoms with Crippen molar-refractivity contribution in [1.82, 2.24) is 5.32 Å². The minimum atomic E-state index is -1.03. The first kappa shape index (κ1) is 15.1. The lowest BCUT2D eigenvalue weighted by Crippen LogP contribution is -2.41. The quantitative estimate of drug-likeness (QED) is 0.819. The molecule has 23 heavy (non-hydrogen) atoms. The van der Waals surface area contributed by atoms with Crippen LogP contribution in [0.3, 0.4) is 0 Å². The second-order valence-corrected chi connectivity index (χ2v) is 5.58. The third kappa shape index (κ3) is 4.12. The normalized spacial score (nSPS) is 15.0. The number of carbonyl (C=O) groups excluding carboxylic acids is 1. The number of carboxylic acids is 1. The maximum absolute atomic E-state index is 12.1. The summed E-state index contributed by atoms with van der Waals surface area (Å²) in [5.74, 6) is -0.400.